The van der Waals surface area contributed by atoms with Gasteiger partial charge in [-0.1, -0.05) is 0 Å². The molecule has 1 saturated carbocycles. The largest absolute Gasteiger partial charge is 0.453 e. The quantitative estimate of drug-likeness (QED) is 0.746. The summed E-state index contributed by atoms with van der Waals surface area (Å²) in [5, 5.41) is 2.88. The molecular weight excluding hydrogens is 218 g/mol. The molecule has 1 amide bonds. The fourth-order valence-electron chi connectivity index (χ4n) is 2.93. The number of nitrogens with two attached hydrogens (primary N) is 1. The van der Waals surface area contributed by atoms with Gasteiger partial charge in [-0.05, 0) is 32.1 Å². The normalized spacial score (nSPS) is 34.6. The maximum absolute atomic E-state index is 11.1. The van der Waals surface area contributed by atoms with Crippen LogP contribution in [0.15, 0.2) is 0 Å². The number of amides is 1. The summed E-state index contributed by atoms with van der Waals surface area (Å²) in [5.41, 5.74) is 5.91. The number of likely N-dealkylation sites (tertiary alicyclic amines) is 1. The lowest BCUT2D eigenvalue weighted by molar-refractivity contribution is 0.160. The SMILES string of the molecule is COC(=O)NC1CCN(C2CCC(N)CC2)C1. The summed E-state index contributed by atoms with van der Waals surface area (Å²) in [6, 6.07) is 1.31. The maximum Gasteiger partial charge on any atom is 0.407 e. The van der Waals surface area contributed by atoms with Crippen LogP contribution in [0.5, 0.6) is 0 Å². The molecule has 1 heterocycles. The first-order chi connectivity index (χ1) is 8.19. The maximum atomic E-state index is 11.1. The molecule has 1 atom stereocenters. The van der Waals surface area contributed by atoms with E-state index in [9.17, 15) is 4.79 Å². The minimum atomic E-state index is -0.317. The summed E-state index contributed by atoms with van der Waals surface area (Å²) >= 11 is 0. The second-order valence-corrected chi connectivity index (χ2v) is 5.19. The first-order valence-electron chi connectivity index (χ1n) is 6.53. The summed E-state index contributed by atoms with van der Waals surface area (Å²) in [7, 11) is 1.41. The molecule has 0 spiro atoms. The molecule has 0 aromatic carbocycles. The average molecular weight is 241 g/mol. The Balaban J connectivity index is 1.75. The van der Waals surface area contributed by atoms with Gasteiger partial charge in [0.2, 0.25) is 0 Å². The number of alkyl carbamates (subject to hydrolysis) is 1. The van der Waals surface area contributed by atoms with Crippen LogP contribution in [0, 0.1) is 0 Å². The van der Waals surface area contributed by atoms with E-state index in [0.29, 0.717) is 12.1 Å². The van der Waals surface area contributed by atoms with Crippen molar-refractivity contribution in [3.8, 4) is 0 Å². The number of nitrogens with zero attached hydrogens (tertiary/aromatic N) is 1. The molecule has 1 saturated heterocycles. The summed E-state index contributed by atoms with van der Waals surface area (Å²) < 4.78 is 4.62. The zero-order valence-corrected chi connectivity index (χ0v) is 10.5. The lowest BCUT2D eigenvalue weighted by atomic mass is 9.91. The van der Waals surface area contributed by atoms with Crippen molar-refractivity contribution in [2.75, 3.05) is 20.2 Å². The Morgan fingerprint density at radius 1 is 1.29 bits per heavy atom. The number of carbonyl (C=O) groups excluding carboxylic acids is 1. The molecule has 1 aliphatic heterocycles. The van der Waals surface area contributed by atoms with Gasteiger partial charge < -0.3 is 15.8 Å². The van der Waals surface area contributed by atoms with Gasteiger partial charge in [-0.15, -0.1) is 0 Å². The molecular formula is C12H23N3O2. The van der Waals surface area contributed by atoms with E-state index in [1.54, 1.807) is 0 Å². The van der Waals surface area contributed by atoms with Crippen LogP contribution < -0.4 is 11.1 Å². The third-order valence-corrected chi connectivity index (χ3v) is 3.98. The smallest absolute Gasteiger partial charge is 0.407 e. The molecule has 0 aromatic heterocycles. The van der Waals surface area contributed by atoms with Crippen molar-refractivity contribution in [2.24, 2.45) is 5.73 Å². The van der Waals surface area contributed by atoms with E-state index in [1.807, 2.05) is 0 Å². The Morgan fingerprint density at radius 3 is 2.65 bits per heavy atom. The number of ether oxygens (including phenoxy) is 1. The Hall–Kier alpha value is -0.810. The minimum Gasteiger partial charge on any atom is -0.453 e. The van der Waals surface area contributed by atoms with Crippen molar-refractivity contribution in [3.05, 3.63) is 0 Å². The van der Waals surface area contributed by atoms with Gasteiger partial charge in [0.05, 0.1) is 7.11 Å². The molecule has 3 N–H and O–H groups in total. The van der Waals surface area contributed by atoms with E-state index in [4.69, 9.17) is 5.73 Å². The van der Waals surface area contributed by atoms with E-state index in [2.05, 4.69) is 15.0 Å². The van der Waals surface area contributed by atoms with Crippen molar-refractivity contribution < 1.29 is 9.53 Å². The van der Waals surface area contributed by atoms with E-state index in [-0.39, 0.29) is 12.1 Å². The van der Waals surface area contributed by atoms with Gasteiger partial charge in [0.25, 0.3) is 0 Å². The third kappa shape index (κ3) is 3.33. The molecule has 5 nitrogen and oxygen atoms in total. The van der Waals surface area contributed by atoms with Crippen LogP contribution in [0.25, 0.3) is 0 Å². The Labute approximate surface area is 103 Å². The molecule has 0 bridgehead atoms. The molecule has 2 rings (SSSR count). The molecule has 1 aliphatic carbocycles. The highest BCUT2D eigenvalue weighted by Crippen LogP contribution is 2.25. The number of carbonyl (C=O) groups is 1. The van der Waals surface area contributed by atoms with Crippen molar-refractivity contribution in [2.45, 2.75) is 50.2 Å². The first kappa shape index (κ1) is 12.6. The monoisotopic (exact) mass is 241 g/mol. The fraction of sp³-hybridized carbons (Fsp3) is 0.917. The molecule has 2 aliphatic rings. The molecule has 17 heavy (non-hydrogen) atoms. The van der Waals surface area contributed by atoms with Crippen molar-refractivity contribution in [1.82, 2.24) is 10.2 Å². The minimum absolute atomic E-state index is 0.248. The fourth-order valence-corrected chi connectivity index (χ4v) is 2.93. The second-order valence-electron chi connectivity index (χ2n) is 5.19. The van der Waals surface area contributed by atoms with Gasteiger partial charge in [0.1, 0.15) is 0 Å². The predicted molar refractivity (Wildman–Crippen MR) is 65.8 cm³/mol. The highest BCUT2D eigenvalue weighted by Gasteiger charge is 2.31. The van der Waals surface area contributed by atoms with Crippen LogP contribution in [-0.4, -0.2) is 49.3 Å². The molecule has 2 fully saturated rings. The van der Waals surface area contributed by atoms with Gasteiger partial charge in [-0.2, -0.15) is 0 Å². The van der Waals surface area contributed by atoms with E-state index in [0.717, 1.165) is 32.4 Å². The van der Waals surface area contributed by atoms with Gasteiger partial charge in [0, 0.05) is 31.2 Å². The summed E-state index contributed by atoms with van der Waals surface area (Å²) in [5.74, 6) is 0. The van der Waals surface area contributed by atoms with Gasteiger partial charge in [0.15, 0.2) is 0 Å². The van der Waals surface area contributed by atoms with E-state index in [1.165, 1.54) is 20.0 Å². The zero-order chi connectivity index (χ0) is 12.3. The average Bonchev–Trinajstić information content (AvgIpc) is 2.78. The van der Waals surface area contributed by atoms with Crippen molar-refractivity contribution >= 4 is 6.09 Å². The van der Waals surface area contributed by atoms with Crippen LogP contribution in [0.1, 0.15) is 32.1 Å². The van der Waals surface area contributed by atoms with Gasteiger partial charge in [-0.3, -0.25) is 4.90 Å². The Kier molecular flexibility index (Phi) is 4.23. The highest BCUT2D eigenvalue weighted by molar-refractivity contribution is 5.67. The zero-order valence-electron chi connectivity index (χ0n) is 10.5. The topological polar surface area (TPSA) is 67.6 Å². The van der Waals surface area contributed by atoms with Crippen LogP contribution in [-0.2, 0) is 4.74 Å². The molecule has 1 unspecified atom stereocenters. The lowest BCUT2D eigenvalue weighted by Gasteiger charge is -2.33. The van der Waals surface area contributed by atoms with Crippen molar-refractivity contribution in [3.63, 3.8) is 0 Å². The van der Waals surface area contributed by atoms with E-state index >= 15 is 0 Å². The molecule has 98 valence electrons. The molecule has 0 aromatic rings. The van der Waals surface area contributed by atoms with Crippen LogP contribution in [0.4, 0.5) is 4.79 Å². The van der Waals surface area contributed by atoms with Crippen LogP contribution >= 0.6 is 0 Å². The number of rotatable bonds is 2. The lowest BCUT2D eigenvalue weighted by Crippen LogP contribution is -2.42. The highest BCUT2D eigenvalue weighted by atomic mass is 16.5. The van der Waals surface area contributed by atoms with Crippen LogP contribution in [0.3, 0.4) is 0 Å². The van der Waals surface area contributed by atoms with Crippen molar-refractivity contribution in [1.29, 1.82) is 0 Å². The predicted octanol–water partition coefficient (Wildman–Crippen LogP) is 0.687. The van der Waals surface area contributed by atoms with E-state index < -0.39 is 0 Å². The summed E-state index contributed by atoms with van der Waals surface area (Å²) in [6.45, 7) is 2.03. The Bertz CT molecular complexity index is 264. The number of methoxy groups -OCH3 is 1. The van der Waals surface area contributed by atoms with Gasteiger partial charge >= 0.3 is 6.09 Å². The number of nitrogens with one attached hydrogen (secondary N) is 1. The van der Waals surface area contributed by atoms with Gasteiger partial charge in [-0.25, -0.2) is 4.79 Å². The summed E-state index contributed by atoms with van der Waals surface area (Å²) in [4.78, 5) is 13.6. The second kappa shape index (κ2) is 5.69. The van der Waals surface area contributed by atoms with Crippen LogP contribution in [0.2, 0.25) is 0 Å². The number of hydrogen-bond donors (Lipinski definition) is 2. The summed E-state index contributed by atoms with van der Waals surface area (Å²) in [6.07, 6.45) is 5.38. The Morgan fingerprint density at radius 2 is 2.00 bits per heavy atom. The third-order valence-electron chi connectivity index (χ3n) is 3.98. The number of hydrogen-bond acceptors (Lipinski definition) is 4. The standard InChI is InChI=1S/C12H23N3O2/c1-17-12(16)14-10-6-7-15(8-10)11-4-2-9(13)3-5-11/h9-11H,2-8,13H2,1H3,(H,14,16). The molecule has 5 heteroatoms. The molecule has 0 radical (unpaired) electrons. The first-order valence-corrected chi connectivity index (χ1v) is 6.53.